The van der Waals surface area contributed by atoms with E-state index in [9.17, 15) is 18.8 Å². The molecule has 1 aliphatic carbocycles. The molecular weight excluding hydrogens is 429 g/mol. The Labute approximate surface area is 193 Å². The van der Waals surface area contributed by atoms with E-state index >= 15 is 0 Å². The first-order valence-corrected chi connectivity index (χ1v) is 11.1. The molecule has 8 heteroatoms. The number of esters is 2. The molecule has 7 nitrogen and oxygen atoms in total. The van der Waals surface area contributed by atoms with Crippen molar-refractivity contribution in [3.8, 4) is 0 Å². The van der Waals surface area contributed by atoms with Gasteiger partial charge >= 0.3 is 11.9 Å². The van der Waals surface area contributed by atoms with Crippen molar-refractivity contribution in [2.24, 2.45) is 11.8 Å². The zero-order valence-corrected chi connectivity index (χ0v) is 19.4. The smallest absolute Gasteiger partial charge is 0.336 e. The fraction of sp³-hybridized carbons (Fsp3) is 0.480. The van der Waals surface area contributed by atoms with Gasteiger partial charge in [0.25, 0.3) is 0 Å². The van der Waals surface area contributed by atoms with E-state index in [1.807, 2.05) is 6.92 Å². The van der Waals surface area contributed by atoms with Crippen LogP contribution in [0.4, 0.5) is 4.39 Å². The summed E-state index contributed by atoms with van der Waals surface area (Å²) in [5, 5.41) is 3.15. The molecule has 0 aromatic heterocycles. The third-order valence-electron chi connectivity index (χ3n) is 5.99. The highest BCUT2D eigenvalue weighted by atomic mass is 19.1. The average Bonchev–Trinajstić information content (AvgIpc) is 2.78. The molecule has 1 heterocycles. The highest BCUT2D eigenvalue weighted by Crippen LogP contribution is 2.46. The van der Waals surface area contributed by atoms with E-state index < -0.39 is 35.4 Å². The summed E-state index contributed by atoms with van der Waals surface area (Å²) in [6, 6.07) is 6.00. The molecule has 178 valence electrons. The number of methoxy groups -OCH3 is 1. The number of hydrogen-bond donors (Lipinski definition) is 1. The fourth-order valence-corrected chi connectivity index (χ4v) is 4.49. The summed E-state index contributed by atoms with van der Waals surface area (Å²) >= 11 is 0. The third kappa shape index (κ3) is 5.00. The Hall–Kier alpha value is -3.00. The number of carbonyl (C=O) groups excluding carboxylic acids is 3. The lowest BCUT2D eigenvalue weighted by atomic mass is 9.69. The maximum atomic E-state index is 15.0. The number of dihydropyridines is 1. The second-order valence-electron chi connectivity index (χ2n) is 8.31. The monoisotopic (exact) mass is 459 g/mol. The van der Waals surface area contributed by atoms with Gasteiger partial charge in [0.2, 0.25) is 0 Å². The van der Waals surface area contributed by atoms with Gasteiger partial charge in [-0.2, -0.15) is 0 Å². The minimum absolute atomic E-state index is 0.0290. The second-order valence-corrected chi connectivity index (χ2v) is 8.31. The van der Waals surface area contributed by atoms with Gasteiger partial charge < -0.3 is 19.5 Å². The minimum atomic E-state index is -1.03. The lowest BCUT2D eigenvalue weighted by molar-refractivity contribution is -0.151. The zero-order valence-electron chi connectivity index (χ0n) is 19.4. The first-order chi connectivity index (χ1) is 15.8. The Morgan fingerprint density at radius 1 is 1.18 bits per heavy atom. The lowest BCUT2D eigenvalue weighted by Gasteiger charge is -2.38. The molecular formula is C25H30FNO6. The van der Waals surface area contributed by atoms with Crippen LogP contribution < -0.4 is 5.32 Å². The number of ketones is 1. The molecule has 1 aromatic carbocycles. The van der Waals surface area contributed by atoms with Crippen LogP contribution in [-0.4, -0.2) is 44.7 Å². The van der Waals surface area contributed by atoms with Gasteiger partial charge in [0.15, 0.2) is 5.78 Å². The Balaban J connectivity index is 2.03. The highest BCUT2D eigenvalue weighted by molar-refractivity contribution is 6.12. The Kier molecular flexibility index (Phi) is 8.02. The van der Waals surface area contributed by atoms with Gasteiger partial charge in [-0.3, -0.25) is 9.59 Å². The van der Waals surface area contributed by atoms with Crippen LogP contribution in [0.2, 0.25) is 0 Å². The van der Waals surface area contributed by atoms with Crippen molar-refractivity contribution >= 4 is 17.7 Å². The van der Waals surface area contributed by atoms with Crippen molar-refractivity contribution in [2.75, 3.05) is 26.9 Å². The number of ether oxygens (including phenoxy) is 3. The normalized spacial score (nSPS) is 22.6. The van der Waals surface area contributed by atoms with Crippen molar-refractivity contribution < 1.29 is 33.0 Å². The molecule has 0 bridgehead atoms. The molecule has 1 aromatic rings. The van der Waals surface area contributed by atoms with Gasteiger partial charge in [-0.1, -0.05) is 32.0 Å². The van der Waals surface area contributed by atoms with Gasteiger partial charge in [0.05, 0.1) is 25.2 Å². The summed E-state index contributed by atoms with van der Waals surface area (Å²) in [5.74, 6) is -4.67. The van der Waals surface area contributed by atoms with Crippen LogP contribution in [0.3, 0.4) is 0 Å². The molecule has 1 N–H and O–H groups in total. The summed E-state index contributed by atoms with van der Waals surface area (Å²) in [4.78, 5) is 39.1. The van der Waals surface area contributed by atoms with Crippen LogP contribution in [0.15, 0.2) is 46.8 Å². The standard InChI is InChI=1S/C25H30FNO6/c1-5-10-32-11-12-33-25(30)20-15(3)27-18-13-14(2)19(24(29)31-4)23(28)22(18)21(20)16-8-6-7-9-17(16)26/h6-9,14,19,21,27H,5,10-13H2,1-4H3/t14-,19-,21+/m1/s1. The topological polar surface area (TPSA) is 90.9 Å². The largest absolute Gasteiger partial charge is 0.468 e. The first kappa shape index (κ1) is 24.6. The SMILES string of the molecule is CCCOCCOC(=O)C1=C(C)NC2=C(C(=O)[C@H](C(=O)OC)[C@H](C)C2)[C@H]1c1ccccc1F. The van der Waals surface area contributed by atoms with Gasteiger partial charge in [-0.25, -0.2) is 9.18 Å². The molecule has 3 rings (SSSR count). The van der Waals surface area contributed by atoms with E-state index in [4.69, 9.17) is 14.2 Å². The zero-order chi connectivity index (χ0) is 24.1. The summed E-state index contributed by atoms with van der Waals surface area (Å²) in [6.07, 6.45) is 1.23. The number of carbonyl (C=O) groups is 3. The van der Waals surface area contributed by atoms with Crippen LogP contribution in [0.25, 0.3) is 0 Å². The number of nitrogens with one attached hydrogen (secondary N) is 1. The predicted molar refractivity (Wildman–Crippen MR) is 118 cm³/mol. The van der Waals surface area contributed by atoms with Crippen molar-refractivity contribution in [1.29, 1.82) is 0 Å². The van der Waals surface area contributed by atoms with E-state index in [-0.39, 0.29) is 35.8 Å². The lowest BCUT2D eigenvalue weighted by Crippen LogP contribution is -2.43. The van der Waals surface area contributed by atoms with E-state index in [0.29, 0.717) is 24.4 Å². The summed E-state index contributed by atoms with van der Waals surface area (Å²) in [7, 11) is 1.23. The molecule has 0 saturated carbocycles. The van der Waals surface area contributed by atoms with Crippen molar-refractivity contribution in [3.63, 3.8) is 0 Å². The second kappa shape index (κ2) is 10.7. The molecule has 3 atom stereocenters. The van der Waals surface area contributed by atoms with Crippen LogP contribution in [-0.2, 0) is 28.6 Å². The molecule has 33 heavy (non-hydrogen) atoms. The van der Waals surface area contributed by atoms with Crippen molar-refractivity contribution in [1.82, 2.24) is 5.32 Å². The number of hydrogen-bond acceptors (Lipinski definition) is 7. The number of halogens is 1. The Bertz CT molecular complexity index is 998. The average molecular weight is 460 g/mol. The number of allylic oxidation sites excluding steroid dienone is 3. The molecule has 0 saturated heterocycles. The molecule has 0 amide bonds. The van der Waals surface area contributed by atoms with Crippen molar-refractivity contribution in [2.45, 2.75) is 39.5 Å². The predicted octanol–water partition coefficient (Wildman–Crippen LogP) is 3.41. The van der Waals surface area contributed by atoms with Crippen LogP contribution >= 0.6 is 0 Å². The quantitative estimate of drug-likeness (QED) is 0.362. The molecule has 0 spiro atoms. The number of Topliss-reactive ketones (excluding diaryl/α,β-unsaturated/α-hetero) is 1. The summed E-state index contributed by atoms with van der Waals surface area (Å²) in [5.41, 5.74) is 1.58. The van der Waals surface area contributed by atoms with Crippen LogP contribution in [0.5, 0.6) is 0 Å². The molecule has 2 aliphatic rings. The Morgan fingerprint density at radius 2 is 1.91 bits per heavy atom. The van der Waals surface area contributed by atoms with E-state index in [2.05, 4.69) is 5.32 Å². The summed E-state index contributed by atoms with van der Waals surface area (Å²) < 4.78 is 30.6. The van der Waals surface area contributed by atoms with Crippen LogP contribution in [0.1, 0.15) is 45.1 Å². The van der Waals surface area contributed by atoms with E-state index in [1.165, 1.54) is 19.2 Å². The maximum Gasteiger partial charge on any atom is 0.336 e. The Morgan fingerprint density at radius 3 is 2.58 bits per heavy atom. The van der Waals surface area contributed by atoms with Gasteiger partial charge in [0.1, 0.15) is 18.3 Å². The van der Waals surface area contributed by atoms with E-state index in [0.717, 1.165) is 6.42 Å². The number of benzene rings is 1. The minimum Gasteiger partial charge on any atom is -0.468 e. The number of rotatable bonds is 8. The summed E-state index contributed by atoms with van der Waals surface area (Å²) in [6.45, 7) is 6.28. The van der Waals surface area contributed by atoms with Gasteiger partial charge in [0, 0.05) is 29.1 Å². The molecule has 1 aliphatic heterocycles. The van der Waals surface area contributed by atoms with Gasteiger partial charge in [-0.15, -0.1) is 0 Å². The van der Waals surface area contributed by atoms with Crippen LogP contribution in [0, 0.1) is 17.7 Å². The highest BCUT2D eigenvalue weighted by Gasteiger charge is 2.47. The first-order valence-electron chi connectivity index (χ1n) is 11.1. The molecule has 0 radical (unpaired) electrons. The maximum absolute atomic E-state index is 15.0. The molecule has 0 fully saturated rings. The fourth-order valence-electron chi connectivity index (χ4n) is 4.49. The van der Waals surface area contributed by atoms with Gasteiger partial charge in [-0.05, 0) is 31.7 Å². The third-order valence-corrected chi connectivity index (χ3v) is 5.99. The van der Waals surface area contributed by atoms with Crippen molar-refractivity contribution in [3.05, 3.63) is 58.2 Å². The van der Waals surface area contributed by atoms with E-state index in [1.54, 1.807) is 26.0 Å². The molecule has 0 unspecified atom stereocenters.